The van der Waals surface area contributed by atoms with Crippen LogP contribution in [0.1, 0.15) is 10.6 Å². The highest BCUT2D eigenvalue weighted by molar-refractivity contribution is 7.80. The maximum atomic E-state index is 4.49. The van der Waals surface area contributed by atoms with Crippen molar-refractivity contribution in [2.45, 2.75) is 18.7 Å². The molecule has 1 aromatic carbocycles. The van der Waals surface area contributed by atoms with E-state index in [1.165, 1.54) is 4.70 Å². The second-order valence-electron chi connectivity index (χ2n) is 3.23. The third-order valence-electron chi connectivity index (χ3n) is 2.27. The van der Waals surface area contributed by atoms with Gasteiger partial charge in [-0.1, -0.05) is 0 Å². The Labute approximate surface area is 92.8 Å². The van der Waals surface area contributed by atoms with Crippen molar-refractivity contribution in [2.75, 3.05) is 12.4 Å². The van der Waals surface area contributed by atoms with Gasteiger partial charge in [-0.05, 0) is 25.5 Å². The van der Waals surface area contributed by atoms with Gasteiger partial charge in [-0.3, -0.25) is 0 Å². The Morgan fingerprint density at radius 1 is 1.43 bits per heavy atom. The summed E-state index contributed by atoms with van der Waals surface area (Å²) in [5.74, 6) is 0. The Bertz CT molecular complexity index is 488. The summed E-state index contributed by atoms with van der Waals surface area (Å²) in [4.78, 5) is 5.48. The van der Waals surface area contributed by atoms with Gasteiger partial charge in [-0.15, -0.1) is 24.0 Å². The van der Waals surface area contributed by atoms with Crippen LogP contribution in [0.2, 0.25) is 0 Å². The number of benzene rings is 1. The summed E-state index contributed by atoms with van der Waals surface area (Å²) in [5.41, 5.74) is 3.30. The van der Waals surface area contributed by atoms with Crippen LogP contribution in [0, 0.1) is 13.8 Å². The van der Waals surface area contributed by atoms with E-state index in [1.54, 1.807) is 11.3 Å². The molecule has 2 rings (SSSR count). The number of fused-ring (bicyclic) bond motifs is 1. The van der Waals surface area contributed by atoms with Gasteiger partial charge in [0.05, 0.1) is 15.2 Å². The Morgan fingerprint density at radius 3 is 2.79 bits per heavy atom. The van der Waals surface area contributed by atoms with Crippen LogP contribution in [0.4, 0.5) is 5.69 Å². The number of thiazole rings is 1. The fraction of sp³-hybridized carbons (Fsp3) is 0.300. The number of anilines is 1. The molecular formula is C10H12N2S2. The van der Waals surface area contributed by atoms with Crippen molar-refractivity contribution in [3.8, 4) is 0 Å². The van der Waals surface area contributed by atoms with E-state index in [4.69, 9.17) is 0 Å². The molecule has 0 amide bonds. The number of hydrogen-bond donors (Lipinski definition) is 2. The molecule has 0 unspecified atom stereocenters. The lowest BCUT2D eigenvalue weighted by atomic mass is 10.2. The van der Waals surface area contributed by atoms with Gasteiger partial charge >= 0.3 is 0 Å². The molecule has 1 aromatic heterocycles. The SMILES string of the molecule is CNc1cc2sc(C)nc2c(C)c1S. The molecule has 2 nitrogen and oxygen atoms in total. The van der Waals surface area contributed by atoms with E-state index in [2.05, 4.69) is 35.9 Å². The standard InChI is InChI=1S/C10H12N2S2/c1-5-9-8(14-6(2)12-9)4-7(11-3)10(5)13/h4,11,13H,1-3H3. The average molecular weight is 224 g/mol. The molecule has 1 N–H and O–H groups in total. The summed E-state index contributed by atoms with van der Waals surface area (Å²) in [6.45, 7) is 4.09. The van der Waals surface area contributed by atoms with Gasteiger partial charge in [0.15, 0.2) is 0 Å². The third-order valence-corrected chi connectivity index (χ3v) is 3.76. The van der Waals surface area contributed by atoms with E-state index in [0.29, 0.717) is 0 Å². The molecule has 4 heteroatoms. The van der Waals surface area contributed by atoms with Gasteiger partial charge in [-0.25, -0.2) is 4.98 Å². The number of thiol groups is 1. The molecule has 0 atom stereocenters. The lowest BCUT2D eigenvalue weighted by molar-refractivity contribution is 1.27. The average Bonchev–Trinajstić information content (AvgIpc) is 2.52. The highest BCUT2D eigenvalue weighted by Gasteiger charge is 2.09. The van der Waals surface area contributed by atoms with Crippen molar-refractivity contribution in [2.24, 2.45) is 0 Å². The molecule has 0 aliphatic rings. The van der Waals surface area contributed by atoms with Gasteiger partial charge in [0.1, 0.15) is 0 Å². The zero-order valence-corrected chi connectivity index (χ0v) is 10.1. The Hall–Kier alpha value is -0.740. The normalized spacial score (nSPS) is 10.9. The van der Waals surface area contributed by atoms with Gasteiger partial charge in [0.25, 0.3) is 0 Å². The minimum atomic E-state index is 0.991. The van der Waals surface area contributed by atoms with Crippen molar-refractivity contribution in [1.29, 1.82) is 0 Å². The van der Waals surface area contributed by atoms with E-state index in [-0.39, 0.29) is 0 Å². The molecule has 1 heterocycles. The predicted octanol–water partition coefficient (Wildman–Crippen LogP) is 3.24. The molecule has 2 aromatic rings. The van der Waals surface area contributed by atoms with Crippen molar-refractivity contribution >= 4 is 39.9 Å². The number of nitrogens with zero attached hydrogens (tertiary/aromatic N) is 1. The Balaban J connectivity index is 2.84. The topological polar surface area (TPSA) is 24.9 Å². The number of rotatable bonds is 1. The first-order chi connectivity index (χ1) is 6.63. The smallest absolute Gasteiger partial charge is 0.0907 e. The second-order valence-corrected chi connectivity index (χ2v) is 4.91. The monoisotopic (exact) mass is 224 g/mol. The summed E-state index contributed by atoms with van der Waals surface area (Å²) in [5, 5.41) is 4.24. The molecule has 0 radical (unpaired) electrons. The van der Waals surface area contributed by atoms with Crippen molar-refractivity contribution in [1.82, 2.24) is 4.98 Å². The number of nitrogens with one attached hydrogen (secondary N) is 1. The predicted molar refractivity (Wildman–Crippen MR) is 65.9 cm³/mol. The van der Waals surface area contributed by atoms with E-state index in [0.717, 1.165) is 26.7 Å². The van der Waals surface area contributed by atoms with Crippen LogP contribution in [-0.4, -0.2) is 12.0 Å². The summed E-state index contributed by atoms with van der Waals surface area (Å²) in [6.07, 6.45) is 0. The van der Waals surface area contributed by atoms with E-state index in [9.17, 15) is 0 Å². The minimum Gasteiger partial charge on any atom is -0.387 e. The first-order valence-electron chi connectivity index (χ1n) is 4.41. The highest BCUT2D eigenvalue weighted by Crippen LogP contribution is 2.33. The van der Waals surface area contributed by atoms with Crippen molar-refractivity contribution < 1.29 is 0 Å². The largest absolute Gasteiger partial charge is 0.387 e. The van der Waals surface area contributed by atoms with Gasteiger partial charge < -0.3 is 5.32 Å². The van der Waals surface area contributed by atoms with E-state index < -0.39 is 0 Å². The van der Waals surface area contributed by atoms with Gasteiger partial charge in [0, 0.05) is 17.6 Å². The Kier molecular flexibility index (Phi) is 2.41. The van der Waals surface area contributed by atoms with Crippen LogP contribution in [0.15, 0.2) is 11.0 Å². The van der Waals surface area contributed by atoms with Crippen molar-refractivity contribution in [3.63, 3.8) is 0 Å². The fourth-order valence-electron chi connectivity index (χ4n) is 1.51. The quantitative estimate of drug-likeness (QED) is 0.727. The summed E-state index contributed by atoms with van der Waals surface area (Å²) in [6, 6.07) is 2.11. The van der Waals surface area contributed by atoms with Gasteiger partial charge in [0.2, 0.25) is 0 Å². The lowest BCUT2D eigenvalue weighted by Crippen LogP contribution is -1.92. The zero-order chi connectivity index (χ0) is 10.3. The fourth-order valence-corrected chi connectivity index (χ4v) is 2.72. The molecule has 0 saturated carbocycles. The first-order valence-corrected chi connectivity index (χ1v) is 5.67. The Morgan fingerprint density at radius 2 is 2.14 bits per heavy atom. The van der Waals surface area contributed by atoms with E-state index in [1.807, 2.05) is 14.0 Å². The molecule has 0 bridgehead atoms. The van der Waals surface area contributed by atoms with Crippen LogP contribution < -0.4 is 5.32 Å². The van der Waals surface area contributed by atoms with Crippen LogP contribution in [0.5, 0.6) is 0 Å². The minimum absolute atomic E-state index is 0.991. The second kappa shape index (κ2) is 3.44. The number of aryl methyl sites for hydroxylation is 2. The highest BCUT2D eigenvalue weighted by atomic mass is 32.1. The lowest BCUT2D eigenvalue weighted by Gasteiger charge is -2.07. The molecule has 74 valence electrons. The number of hydrogen-bond acceptors (Lipinski definition) is 4. The molecule has 0 aliphatic heterocycles. The van der Waals surface area contributed by atoms with Crippen molar-refractivity contribution in [3.05, 3.63) is 16.6 Å². The summed E-state index contributed by atoms with van der Waals surface area (Å²) < 4.78 is 1.22. The summed E-state index contributed by atoms with van der Waals surface area (Å²) >= 11 is 6.20. The maximum Gasteiger partial charge on any atom is 0.0907 e. The summed E-state index contributed by atoms with van der Waals surface area (Å²) in [7, 11) is 1.91. The molecular weight excluding hydrogens is 212 g/mol. The first kappa shape index (κ1) is 9.80. The van der Waals surface area contributed by atoms with Crippen LogP contribution in [0.25, 0.3) is 10.2 Å². The zero-order valence-electron chi connectivity index (χ0n) is 8.38. The molecule has 14 heavy (non-hydrogen) atoms. The van der Waals surface area contributed by atoms with Crippen LogP contribution in [-0.2, 0) is 0 Å². The van der Waals surface area contributed by atoms with Crippen LogP contribution >= 0.6 is 24.0 Å². The maximum absolute atomic E-state index is 4.49. The molecule has 0 aliphatic carbocycles. The molecule has 0 saturated heterocycles. The van der Waals surface area contributed by atoms with Gasteiger partial charge in [-0.2, -0.15) is 0 Å². The third kappa shape index (κ3) is 1.38. The molecule has 0 fully saturated rings. The van der Waals surface area contributed by atoms with E-state index >= 15 is 0 Å². The molecule has 0 spiro atoms. The van der Waals surface area contributed by atoms with Crippen LogP contribution in [0.3, 0.4) is 0 Å². The number of aromatic nitrogens is 1.